The van der Waals surface area contributed by atoms with Crippen LogP contribution in [0.15, 0.2) is 0 Å². The highest BCUT2D eigenvalue weighted by molar-refractivity contribution is 6.24. The van der Waals surface area contributed by atoms with Crippen molar-refractivity contribution in [3.63, 3.8) is 0 Å². The Morgan fingerprint density at radius 3 is 0.976 bits per heavy atom. The highest BCUT2D eigenvalue weighted by Crippen LogP contribution is 2.04. The summed E-state index contributed by atoms with van der Waals surface area (Å²) >= 11 is 0. The molecule has 3 amide bonds. The van der Waals surface area contributed by atoms with Crippen molar-refractivity contribution in [3.05, 3.63) is 0 Å². The first-order valence-corrected chi connectivity index (χ1v) is 14.6. The Labute approximate surface area is 247 Å². The number of rotatable bonds is 21. The van der Waals surface area contributed by atoms with Crippen LogP contribution in [-0.2, 0) is 43.0 Å². The molecule has 42 heavy (non-hydrogen) atoms. The summed E-state index contributed by atoms with van der Waals surface area (Å²) in [6, 6.07) is 0. The quantitative estimate of drug-likeness (QED) is 0.0696. The summed E-state index contributed by atoms with van der Waals surface area (Å²) in [7, 11) is 0. The molecule has 15 nitrogen and oxygen atoms in total. The Morgan fingerprint density at radius 1 is 0.476 bits per heavy atom. The molecule has 0 aromatic rings. The van der Waals surface area contributed by atoms with Crippen LogP contribution in [0.2, 0.25) is 0 Å². The molecule has 0 aromatic carbocycles. The lowest BCUT2D eigenvalue weighted by Crippen LogP contribution is -2.39. The van der Waals surface area contributed by atoms with Gasteiger partial charge in [0.15, 0.2) is 0 Å². The average Bonchev–Trinajstić information content (AvgIpc) is 2.99. The molecule has 240 valence electrons. The molecule has 0 unspecified atom stereocenters. The molecule has 0 aromatic heterocycles. The smallest absolute Gasteiger partial charge is 0.284 e. The van der Waals surface area contributed by atoms with Crippen molar-refractivity contribution >= 4 is 36.6 Å². The number of nitrogens with one attached hydrogen (secondary N) is 3. The van der Waals surface area contributed by atoms with Crippen molar-refractivity contribution in [1.29, 1.82) is 0 Å². The molecule has 0 spiro atoms. The van der Waals surface area contributed by atoms with E-state index in [2.05, 4.69) is 30.7 Å². The number of carbonyl (C=O) groups is 6. The molecule has 3 N–H and O–H groups in total. The van der Waals surface area contributed by atoms with Crippen molar-refractivity contribution in [2.45, 2.75) is 19.3 Å². The van der Waals surface area contributed by atoms with E-state index in [1.54, 1.807) is 0 Å². The van der Waals surface area contributed by atoms with Gasteiger partial charge in [-0.15, -0.1) is 0 Å². The van der Waals surface area contributed by atoms with Gasteiger partial charge >= 0.3 is 0 Å². The lowest BCUT2D eigenvalue weighted by atomic mass is 10.2. The first-order valence-electron chi connectivity index (χ1n) is 14.6. The van der Waals surface area contributed by atoms with E-state index in [0.717, 1.165) is 78.2 Å². The third-order valence-electron chi connectivity index (χ3n) is 6.46. The third kappa shape index (κ3) is 21.0. The minimum atomic E-state index is -0.652. The number of aldehydes is 3. The van der Waals surface area contributed by atoms with Gasteiger partial charge in [0.25, 0.3) is 17.7 Å². The third-order valence-corrected chi connectivity index (χ3v) is 6.46. The van der Waals surface area contributed by atoms with E-state index in [4.69, 9.17) is 14.2 Å². The van der Waals surface area contributed by atoms with Gasteiger partial charge in [-0.05, 0) is 58.5 Å². The normalized spacial score (nSPS) is 16.0. The van der Waals surface area contributed by atoms with Gasteiger partial charge in [0.05, 0.1) is 39.6 Å². The zero-order valence-electron chi connectivity index (χ0n) is 24.6. The molecule has 1 heterocycles. The summed E-state index contributed by atoms with van der Waals surface area (Å²) in [5.74, 6) is -1.96. The standard InChI is InChI=1S/C27H48N6O9/c34-22-25(37)28-4-16-40-19-13-31-7-1-8-32(14-20-41-17-5-29-26(38)23-35)10-3-12-33(11-2-9-31)15-21-42-18-6-30-27(39)24-36/h22-24H,1-21H2,(H,28,37)(H,29,38)(H,30,39). The van der Waals surface area contributed by atoms with E-state index in [9.17, 15) is 28.8 Å². The predicted octanol–water partition coefficient (Wildman–Crippen LogP) is -2.93. The number of hydrogen-bond acceptors (Lipinski definition) is 12. The van der Waals surface area contributed by atoms with Crippen LogP contribution in [0.3, 0.4) is 0 Å². The molecule has 0 radical (unpaired) electrons. The fourth-order valence-electron chi connectivity index (χ4n) is 4.31. The van der Waals surface area contributed by atoms with E-state index in [1.807, 2.05) is 0 Å². The minimum absolute atomic E-state index is 0.242. The monoisotopic (exact) mass is 600 g/mol. The van der Waals surface area contributed by atoms with Crippen molar-refractivity contribution in [2.24, 2.45) is 0 Å². The SMILES string of the molecule is O=CC(=O)NCCOCCN1CCCN(CCOCCNC(=O)C=O)CCCN(CCOCCNC(=O)C=O)CCC1. The number of hydrogen-bond donors (Lipinski definition) is 3. The van der Waals surface area contributed by atoms with Gasteiger partial charge in [-0.2, -0.15) is 0 Å². The minimum Gasteiger partial charge on any atom is -0.378 e. The highest BCUT2D eigenvalue weighted by Gasteiger charge is 2.13. The Balaban J connectivity index is 2.53. The van der Waals surface area contributed by atoms with Crippen LogP contribution in [-0.4, -0.2) is 169 Å². The number of nitrogens with zero attached hydrogens (tertiary/aromatic N) is 3. The largest absolute Gasteiger partial charge is 0.378 e. The lowest BCUT2D eigenvalue weighted by Gasteiger charge is -2.30. The molecule has 1 fully saturated rings. The topological polar surface area (TPSA) is 176 Å². The lowest BCUT2D eigenvalue weighted by molar-refractivity contribution is -0.131. The summed E-state index contributed by atoms with van der Waals surface area (Å²) in [5.41, 5.74) is 0. The number of ether oxygens (including phenoxy) is 3. The molecule has 15 heteroatoms. The number of carbonyl (C=O) groups excluding carboxylic acids is 6. The zero-order chi connectivity index (χ0) is 30.7. The van der Waals surface area contributed by atoms with Crippen LogP contribution in [0, 0.1) is 0 Å². The molecular weight excluding hydrogens is 552 g/mol. The fraction of sp³-hybridized carbons (Fsp3) is 0.778. The predicted molar refractivity (Wildman–Crippen MR) is 153 cm³/mol. The maximum Gasteiger partial charge on any atom is 0.284 e. The molecule has 0 aliphatic carbocycles. The second-order valence-electron chi connectivity index (χ2n) is 9.65. The second-order valence-corrected chi connectivity index (χ2v) is 9.65. The van der Waals surface area contributed by atoms with Crippen LogP contribution >= 0.6 is 0 Å². The van der Waals surface area contributed by atoms with E-state index in [-0.39, 0.29) is 18.9 Å². The molecule has 1 aliphatic rings. The first-order chi connectivity index (χ1) is 20.5. The fourth-order valence-corrected chi connectivity index (χ4v) is 4.31. The van der Waals surface area contributed by atoms with Crippen LogP contribution in [0.4, 0.5) is 0 Å². The van der Waals surface area contributed by atoms with Crippen molar-refractivity contribution in [3.8, 4) is 0 Å². The summed E-state index contributed by atoms with van der Waals surface area (Å²) in [6.07, 6.45) is 3.69. The van der Waals surface area contributed by atoms with Crippen LogP contribution < -0.4 is 16.0 Å². The van der Waals surface area contributed by atoms with Crippen molar-refractivity contribution in [2.75, 3.05) is 118 Å². The van der Waals surface area contributed by atoms with Gasteiger partial charge in [0.2, 0.25) is 18.9 Å². The van der Waals surface area contributed by atoms with Gasteiger partial charge < -0.3 is 44.9 Å². The molecule has 0 saturated carbocycles. The molecule has 1 saturated heterocycles. The second kappa shape index (κ2) is 25.9. The Kier molecular flexibility index (Phi) is 22.9. The first kappa shape index (κ1) is 37.2. The zero-order valence-corrected chi connectivity index (χ0v) is 24.6. The van der Waals surface area contributed by atoms with Crippen LogP contribution in [0.25, 0.3) is 0 Å². The maximum absolute atomic E-state index is 11.0. The maximum atomic E-state index is 11.0. The Hall–Kier alpha value is -2.82. The average molecular weight is 601 g/mol. The van der Waals surface area contributed by atoms with Gasteiger partial charge in [-0.3, -0.25) is 28.8 Å². The number of amides is 3. The molecule has 0 bridgehead atoms. The molecule has 1 rings (SSSR count). The van der Waals surface area contributed by atoms with Crippen molar-refractivity contribution < 1.29 is 43.0 Å². The van der Waals surface area contributed by atoms with Crippen LogP contribution in [0.1, 0.15) is 19.3 Å². The summed E-state index contributed by atoms with van der Waals surface area (Å²) in [4.78, 5) is 71.3. The Morgan fingerprint density at radius 2 is 0.738 bits per heavy atom. The van der Waals surface area contributed by atoms with Gasteiger partial charge in [-0.25, -0.2) is 0 Å². The molecular formula is C27H48N6O9. The highest BCUT2D eigenvalue weighted by atomic mass is 16.5. The van der Waals surface area contributed by atoms with E-state index in [1.165, 1.54) is 0 Å². The van der Waals surface area contributed by atoms with E-state index < -0.39 is 17.7 Å². The van der Waals surface area contributed by atoms with Gasteiger partial charge in [0.1, 0.15) is 0 Å². The molecule has 0 atom stereocenters. The van der Waals surface area contributed by atoms with Gasteiger partial charge in [0, 0.05) is 39.3 Å². The molecule has 1 aliphatic heterocycles. The van der Waals surface area contributed by atoms with E-state index in [0.29, 0.717) is 59.3 Å². The van der Waals surface area contributed by atoms with E-state index >= 15 is 0 Å². The Bertz CT molecular complexity index is 677. The summed E-state index contributed by atoms with van der Waals surface area (Å²) < 4.78 is 16.9. The van der Waals surface area contributed by atoms with Crippen molar-refractivity contribution in [1.82, 2.24) is 30.7 Å². The van der Waals surface area contributed by atoms with Crippen LogP contribution in [0.5, 0.6) is 0 Å². The summed E-state index contributed by atoms with van der Waals surface area (Å²) in [5, 5.41) is 7.37. The summed E-state index contributed by atoms with van der Waals surface area (Å²) in [6.45, 7) is 11.2. The van der Waals surface area contributed by atoms with Gasteiger partial charge in [-0.1, -0.05) is 0 Å².